The highest BCUT2D eigenvalue weighted by molar-refractivity contribution is 5.97. The van der Waals surface area contributed by atoms with Crippen LogP contribution in [0.15, 0.2) is 79.4 Å². The topological polar surface area (TPSA) is 95.2 Å². The third-order valence-electron chi connectivity index (χ3n) is 7.86. The number of rotatable bonds is 6. The molecule has 7 rings (SSSR count). The van der Waals surface area contributed by atoms with Gasteiger partial charge in [0.2, 0.25) is 0 Å². The maximum atomic E-state index is 15.4. The molecule has 0 atom stereocenters. The zero-order valence-corrected chi connectivity index (χ0v) is 22.2. The molecule has 0 amide bonds. The number of allylic oxidation sites excluding steroid dienone is 1. The van der Waals surface area contributed by atoms with Gasteiger partial charge in [-0.25, -0.2) is 13.8 Å². The second kappa shape index (κ2) is 10.2. The number of H-pyrrole nitrogens is 2. The molecule has 1 saturated carbocycles. The lowest BCUT2D eigenvalue weighted by Crippen LogP contribution is -2.14. The monoisotopic (exact) mass is 547 g/mol. The van der Waals surface area contributed by atoms with Crippen LogP contribution in [0.25, 0.3) is 55.8 Å². The Morgan fingerprint density at radius 1 is 0.902 bits per heavy atom. The first-order valence-corrected chi connectivity index (χ1v) is 13.7. The van der Waals surface area contributed by atoms with Crippen molar-refractivity contribution in [2.45, 2.75) is 32.1 Å². The smallest absolute Gasteiger partial charge is 0.159 e. The predicted molar refractivity (Wildman–Crippen MR) is 157 cm³/mol. The maximum absolute atomic E-state index is 15.4. The minimum Gasteiger partial charge on any atom is -0.358 e. The normalized spacial score (nSPS) is 14.1. The van der Waals surface area contributed by atoms with Crippen LogP contribution in [0.3, 0.4) is 0 Å². The van der Waals surface area contributed by atoms with Crippen molar-refractivity contribution in [1.82, 2.24) is 30.1 Å². The average Bonchev–Trinajstić information content (AvgIpc) is 3.61. The van der Waals surface area contributed by atoms with Crippen molar-refractivity contribution in [2.75, 3.05) is 5.32 Å². The van der Waals surface area contributed by atoms with Crippen LogP contribution < -0.4 is 5.32 Å². The molecule has 4 heterocycles. The van der Waals surface area contributed by atoms with Crippen LogP contribution in [0.2, 0.25) is 0 Å². The van der Waals surface area contributed by atoms with Crippen molar-refractivity contribution in [3.05, 3.63) is 91.0 Å². The molecule has 1 fully saturated rings. The standard InChI is InChI=1S/C32H27F2N7/c1-18(19-7-3-2-4-8-19)37-21-13-20(16-35-17-21)23-14-24-28(15-26(23)34)40-41-30(24)32-38-27-11-12-36-29(31(27)39-32)22-9-5-6-10-25(22)33/h5-6,9-17,19,37H,1-4,7-8H2,(H,38,39)(H,40,41). The molecule has 7 nitrogen and oxygen atoms in total. The molecule has 1 aliphatic rings. The summed E-state index contributed by atoms with van der Waals surface area (Å²) in [6.45, 7) is 4.26. The van der Waals surface area contributed by atoms with E-state index in [4.69, 9.17) is 4.98 Å². The number of hydrogen-bond donors (Lipinski definition) is 3. The van der Waals surface area contributed by atoms with Gasteiger partial charge < -0.3 is 10.3 Å². The second-order valence-electron chi connectivity index (χ2n) is 10.5. The number of anilines is 1. The number of pyridine rings is 2. The Balaban J connectivity index is 1.26. The summed E-state index contributed by atoms with van der Waals surface area (Å²) in [5.41, 5.74) is 5.82. The van der Waals surface area contributed by atoms with Crippen LogP contribution in [-0.2, 0) is 0 Å². The van der Waals surface area contributed by atoms with Gasteiger partial charge >= 0.3 is 0 Å². The van der Waals surface area contributed by atoms with Crippen molar-refractivity contribution < 1.29 is 8.78 Å². The van der Waals surface area contributed by atoms with Gasteiger partial charge in [0.25, 0.3) is 0 Å². The summed E-state index contributed by atoms with van der Waals surface area (Å²) in [5, 5.41) is 11.4. The summed E-state index contributed by atoms with van der Waals surface area (Å²) >= 11 is 0. The maximum Gasteiger partial charge on any atom is 0.159 e. The van der Waals surface area contributed by atoms with E-state index in [1.165, 1.54) is 31.4 Å². The Bertz CT molecular complexity index is 1920. The number of nitrogens with zero attached hydrogens (tertiary/aromatic N) is 4. The zero-order chi connectivity index (χ0) is 27.9. The highest BCUT2D eigenvalue weighted by Gasteiger charge is 2.20. The summed E-state index contributed by atoms with van der Waals surface area (Å²) in [4.78, 5) is 16.8. The van der Waals surface area contributed by atoms with Crippen molar-refractivity contribution in [3.63, 3.8) is 0 Å². The molecule has 6 aromatic rings. The molecule has 0 spiro atoms. The van der Waals surface area contributed by atoms with Gasteiger partial charge in [-0.3, -0.25) is 15.1 Å². The second-order valence-corrected chi connectivity index (χ2v) is 10.5. The first kappa shape index (κ1) is 25.1. The minimum absolute atomic E-state index is 0.361. The predicted octanol–water partition coefficient (Wildman–Crippen LogP) is 8.01. The van der Waals surface area contributed by atoms with E-state index >= 15 is 4.39 Å². The largest absolute Gasteiger partial charge is 0.358 e. The van der Waals surface area contributed by atoms with Gasteiger partial charge in [-0.15, -0.1) is 0 Å². The molecule has 0 unspecified atom stereocenters. The Kier molecular flexibility index (Phi) is 6.26. The van der Waals surface area contributed by atoms with Gasteiger partial charge in [0.15, 0.2) is 5.82 Å². The van der Waals surface area contributed by atoms with Crippen molar-refractivity contribution in [1.29, 1.82) is 0 Å². The average molecular weight is 548 g/mol. The number of benzene rings is 2. The fraction of sp³-hybridized carbons (Fsp3) is 0.188. The van der Waals surface area contributed by atoms with E-state index in [1.807, 2.05) is 6.07 Å². The molecular formula is C32H27F2N7. The van der Waals surface area contributed by atoms with Crippen molar-refractivity contribution in [3.8, 4) is 33.9 Å². The fourth-order valence-electron chi connectivity index (χ4n) is 5.73. The number of aromatic amines is 2. The summed E-state index contributed by atoms with van der Waals surface area (Å²) in [7, 11) is 0. The Hall–Kier alpha value is -4.92. The quantitative estimate of drug-likeness (QED) is 0.196. The summed E-state index contributed by atoms with van der Waals surface area (Å²) in [6, 6.07) is 13.3. The van der Waals surface area contributed by atoms with E-state index in [9.17, 15) is 4.39 Å². The molecule has 2 aromatic carbocycles. The summed E-state index contributed by atoms with van der Waals surface area (Å²) in [6.07, 6.45) is 11.0. The molecule has 0 radical (unpaired) electrons. The fourth-order valence-corrected chi connectivity index (χ4v) is 5.73. The van der Waals surface area contributed by atoms with Gasteiger partial charge in [-0.2, -0.15) is 5.10 Å². The van der Waals surface area contributed by atoms with Crippen LogP contribution in [0.1, 0.15) is 32.1 Å². The van der Waals surface area contributed by atoms with Crippen LogP contribution in [0, 0.1) is 17.6 Å². The van der Waals surface area contributed by atoms with Crippen LogP contribution in [0.5, 0.6) is 0 Å². The van der Waals surface area contributed by atoms with Gasteiger partial charge in [-0.05, 0) is 49.1 Å². The van der Waals surface area contributed by atoms with Crippen LogP contribution >= 0.6 is 0 Å². The molecule has 0 bridgehead atoms. The zero-order valence-electron chi connectivity index (χ0n) is 22.2. The lowest BCUT2D eigenvalue weighted by molar-refractivity contribution is 0.405. The highest BCUT2D eigenvalue weighted by Crippen LogP contribution is 2.35. The summed E-state index contributed by atoms with van der Waals surface area (Å²) in [5.74, 6) is 0.127. The number of halogens is 2. The first-order valence-electron chi connectivity index (χ1n) is 13.7. The van der Waals surface area contributed by atoms with Gasteiger partial charge in [-0.1, -0.05) is 38.0 Å². The van der Waals surface area contributed by atoms with Crippen LogP contribution in [-0.4, -0.2) is 30.1 Å². The molecule has 41 heavy (non-hydrogen) atoms. The Morgan fingerprint density at radius 3 is 2.61 bits per heavy atom. The SMILES string of the molecule is C=C(Nc1cncc(-c2cc3c(-c4nc5c(-c6ccccc6F)nccc5[nH]4)n[nH]c3cc2F)c1)C1CCCCC1. The van der Waals surface area contributed by atoms with Crippen molar-refractivity contribution >= 4 is 27.6 Å². The van der Waals surface area contributed by atoms with Crippen molar-refractivity contribution in [2.24, 2.45) is 5.92 Å². The van der Waals surface area contributed by atoms with E-state index in [0.29, 0.717) is 61.8 Å². The molecular weight excluding hydrogens is 520 g/mol. The van der Waals surface area contributed by atoms with Gasteiger partial charge in [0, 0.05) is 46.2 Å². The van der Waals surface area contributed by atoms with E-state index in [-0.39, 0.29) is 5.82 Å². The molecule has 9 heteroatoms. The molecule has 1 aliphatic carbocycles. The van der Waals surface area contributed by atoms with E-state index < -0.39 is 5.82 Å². The number of fused-ring (bicyclic) bond motifs is 2. The van der Waals surface area contributed by atoms with Gasteiger partial charge in [0.05, 0.1) is 22.9 Å². The molecule has 3 N–H and O–H groups in total. The first-order chi connectivity index (χ1) is 20.0. The number of nitrogens with one attached hydrogen (secondary N) is 3. The molecule has 0 saturated heterocycles. The molecule has 0 aliphatic heterocycles. The number of aromatic nitrogens is 6. The van der Waals surface area contributed by atoms with E-state index in [2.05, 4.69) is 37.0 Å². The third-order valence-corrected chi connectivity index (χ3v) is 7.86. The third kappa shape index (κ3) is 4.63. The Labute approximate surface area is 234 Å². The van der Waals surface area contributed by atoms with E-state index in [0.717, 1.165) is 24.2 Å². The minimum atomic E-state index is -0.395. The molecule has 4 aromatic heterocycles. The van der Waals surface area contributed by atoms with Gasteiger partial charge in [0.1, 0.15) is 28.5 Å². The highest BCUT2D eigenvalue weighted by atomic mass is 19.1. The van der Waals surface area contributed by atoms with Crippen LogP contribution in [0.4, 0.5) is 14.5 Å². The molecule has 204 valence electrons. The summed E-state index contributed by atoms with van der Waals surface area (Å²) < 4.78 is 29.9. The number of hydrogen-bond acceptors (Lipinski definition) is 5. The van der Waals surface area contributed by atoms with E-state index in [1.54, 1.807) is 48.9 Å². The lowest BCUT2D eigenvalue weighted by atomic mass is 9.87. The Morgan fingerprint density at radius 2 is 1.76 bits per heavy atom. The lowest BCUT2D eigenvalue weighted by Gasteiger charge is -2.24. The number of imidazole rings is 1.